The van der Waals surface area contributed by atoms with E-state index in [1.165, 1.54) is 6.33 Å². The van der Waals surface area contributed by atoms with Crippen molar-refractivity contribution < 1.29 is 4.79 Å². The van der Waals surface area contributed by atoms with Crippen LogP contribution in [0.5, 0.6) is 0 Å². The van der Waals surface area contributed by atoms with Crippen LogP contribution < -0.4 is 5.32 Å². The van der Waals surface area contributed by atoms with Crippen molar-refractivity contribution in [3.63, 3.8) is 0 Å². The highest BCUT2D eigenvalue weighted by atomic mass is 16.1. The number of carbonyl (C=O) groups excluding carboxylic acids is 1. The van der Waals surface area contributed by atoms with E-state index in [-0.39, 0.29) is 11.9 Å². The van der Waals surface area contributed by atoms with Crippen LogP contribution in [-0.2, 0) is 7.05 Å². The molecule has 8 heteroatoms. The predicted molar refractivity (Wildman–Crippen MR) is 103 cm³/mol. The van der Waals surface area contributed by atoms with E-state index in [9.17, 15) is 4.79 Å². The van der Waals surface area contributed by atoms with Crippen molar-refractivity contribution in [2.24, 2.45) is 7.05 Å². The van der Waals surface area contributed by atoms with Crippen molar-refractivity contribution in [3.8, 4) is 5.69 Å². The molecule has 0 spiro atoms. The summed E-state index contributed by atoms with van der Waals surface area (Å²) in [5, 5.41) is 14.3. The summed E-state index contributed by atoms with van der Waals surface area (Å²) in [4.78, 5) is 17.4. The molecule has 28 heavy (non-hydrogen) atoms. The van der Waals surface area contributed by atoms with Gasteiger partial charge < -0.3 is 9.88 Å². The minimum absolute atomic E-state index is 0.178. The summed E-state index contributed by atoms with van der Waals surface area (Å²) in [5.74, 6) is 0.588. The van der Waals surface area contributed by atoms with Crippen LogP contribution in [0.15, 0.2) is 67.3 Å². The average Bonchev–Trinajstić information content (AvgIpc) is 3.38. The van der Waals surface area contributed by atoms with Crippen LogP contribution in [0.3, 0.4) is 0 Å². The summed E-state index contributed by atoms with van der Waals surface area (Å²) in [7, 11) is 1.91. The van der Waals surface area contributed by atoms with Crippen molar-refractivity contribution >= 4 is 5.91 Å². The molecule has 0 saturated carbocycles. The molecule has 2 heterocycles. The number of benzene rings is 2. The summed E-state index contributed by atoms with van der Waals surface area (Å²) in [6.07, 6.45) is 5.11. The SMILES string of the molecule is Cc1cc(C(=O)NC(c2ccccc2)c2nccn2C)ccc1-n1cnnn1. The second-order valence-electron chi connectivity index (χ2n) is 6.47. The minimum Gasteiger partial charge on any atom is -0.338 e. The van der Waals surface area contributed by atoms with Gasteiger partial charge in [-0.15, -0.1) is 5.10 Å². The number of nitrogens with zero attached hydrogens (tertiary/aromatic N) is 6. The largest absolute Gasteiger partial charge is 0.338 e. The van der Waals surface area contributed by atoms with E-state index in [4.69, 9.17) is 0 Å². The number of imidazole rings is 1. The van der Waals surface area contributed by atoms with Crippen LogP contribution in [0.2, 0.25) is 0 Å². The fourth-order valence-corrected chi connectivity index (χ4v) is 3.14. The molecule has 0 radical (unpaired) electrons. The molecule has 0 aliphatic heterocycles. The van der Waals surface area contributed by atoms with Gasteiger partial charge in [-0.1, -0.05) is 30.3 Å². The van der Waals surface area contributed by atoms with Crippen molar-refractivity contribution in [1.82, 2.24) is 35.1 Å². The van der Waals surface area contributed by atoms with Gasteiger partial charge in [0, 0.05) is 25.0 Å². The smallest absolute Gasteiger partial charge is 0.252 e. The number of carbonyl (C=O) groups is 1. The van der Waals surface area contributed by atoms with Crippen LogP contribution in [0.1, 0.15) is 33.4 Å². The molecule has 0 bridgehead atoms. The van der Waals surface area contributed by atoms with Gasteiger partial charge in [-0.3, -0.25) is 4.79 Å². The number of amides is 1. The van der Waals surface area contributed by atoms with Crippen molar-refractivity contribution in [1.29, 1.82) is 0 Å². The topological polar surface area (TPSA) is 90.5 Å². The van der Waals surface area contributed by atoms with Gasteiger partial charge in [0.1, 0.15) is 18.2 Å². The quantitative estimate of drug-likeness (QED) is 0.579. The zero-order valence-electron chi connectivity index (χ0n) is 15.5. The fourth-order valence-electron chi connectivity index (χ4n) is 3.14. The van der Waals surface area contributed by atoms with Crippen LogP contribution in [0, 0.1) is 6.92 Å². The standard InChI is InChI=1S/C20H19N7O/c1-14-12-16(8-9-17(14)27-13-22-24-25-27)20(28)23-18(15-6-4-3-5-7-15)19-21-10-11-26(19)2/h3-13,18H,1-2H3,(H,23,28). The summed E-state index contributed by atoms with van der Waals surface area (Å²) >= 11 is 0. The summed E-state index contributed by atoms with van der Waals surface area (Å²) in [6.45, 7) is 1.92. The summed E-state index contributed by atoms with van der Waals surface area (Å²) in [5.41, 5.74) is 3.25. The van der Waals surface area contributed by atoms with E-state index in [0.29, 0.717) is 5.56 Å². The van der Waals surface area contributed by atoms with Crippen molar-refractivity contribution in [2.75, 3.05) is 0 Å². The molecule has 140 valence electrons. The monoisotopic (exact) mass is 373 g/mol. The zero-order chi connectivity index (χ0) is 19.5. The Balaban J connectivity index is 1.63. The fraction of sp³-hybridized carbons (Fsp3) is 0.150. The number of tetrazole rings is 1. The molecule has 0 fully saturated rings. The van der Waals surface area contributed by atoms with E-state index < -0.39 is 0 Å². The number of nitrogens with one attached hydrogen (secondary N) is 1. The van der Waals surface area contributed by atoms with Crippen LogP contribution in [0.4, 0.5) is 0 Å². The first-order valence-corrected chi connectivity index (χ1v) is 8.80. The lowest BCUT2D eigenvalue weighted by Crippen LogP contribution is -2.31. The zero-order valence-corrected chi connectivity index (χ0v) is 15.5. The van der Waals surface area contributed by atoms with Gasteiger partial charge in [0.15, 0.2) is 0 Å². The molecule has 2 aromatic heterocycles. The predicted octanol–water partition coefficient (Wildman–Crippen LogP) is 2.22. The second kappa shape index (κ2) is 7.43. The molecule has 0 saturated heterocycles. The molecule has 1 atom stereocenters. The Labute approximate surface area is 161 Å². The maximum absolute atomic E-state index is 13.0. The highest BCUT2D eigenvalue weighted by molar-refractivity contribution is 5.95. The van der Waals surface area contributed by atoms with Gasteiger partial charge in [0.25, 0.3) is 5.91 Å². The number of hydrogen-bond donors (Lipinski definition) is 1. The summed E-state index contributed by atoms with van der Waals surface area (Å²) in [6, 6.07) is 14.9. The number of aromatic nitrogens is 6. The van der Waals surface area contributed by atoms with Crippen LogP contribution >= 0.6 is 0 Å². The molecule has 2 aromatic carbocycles. The third kappa shape index (κ3) is 3.39. The van der Waals surface area contributed by atoms with E-state index in [0.717, 1.165) is 22.6 Å². The van der Waals surface area contributed by atoms with E-state index >= 15 is 0 Å². The first-order chi connectivity index (χ1) is 13.6. The van der Waals surface area contributed by atoms with Gasteiger partial charge in [-0.2, -0.15) is 0 Å². The Kier molecular flexibility index (Phi) is 4.67. The molecular weight excluding hydrogens is 354 g/mol. The van der Waals surface area contributed by atoms with Gasteiger partial charge in [0.2, 0.25) is 0 Å². The molecule has 0 aliphatic carbocycles. The molecule has 1 N–H and O–H groups in total. The third-order valence-electron chi connectivity index (χ3n) is 4.58. The maximum atomic E-state index is 13.0. The Bertz CT molecular complexity index is 1090. The normalized spacial score (nSPS) is 11.9. The molecule has 4 aromatic rings. The average molecular weight is 373 g/mol. The lowest BCUT2D eigenvalue weighted by Gasteiger charge is -2.19. The van der Waals surface area contributed by atoms with Gasteiger partial charge >= 0.3 is 0 Å². The van der Waals surface area contributed by atoms with E-state index in [2.05, 4.69) is 25.8 Å². The lowest BCUT2D eigenvalue weighted by molar-refractivity contribution is 0.0941. The molecule has 8 nitrogen and oxygen atoms in total. The number of rotatable bonds is 5. The molecule has 4 rings (SSSR count). The van der Waals surface area contributed by atoms with Crippen molar-refractivity contribution in [3.05, 3.63) is 89.8 Å². The van der Waals surface area contributed by atoms with E-state index in [1.54, 1.807) is 16.9 Å². The molecule has 0 aliphatic rings. The molecular formula is C20H19N7O. The molecule has 1 amide bonds. The summed E-state index contributed by atoms with van der Waals surface area (Å²) < 4.78 is 3.47. The number of aryl methyl sites for hydroxylation is 2. The van der Waals surface area contributed by atoms with Crippen molar-refractivity contribution in [2.45, 2.75) is 13.0 Å². The first kappa shape index (κ1) is 17.6. The van der Waals surface area contributed by atoms with Crippen LogP contribution in [0.25, 0.3) is 5.69 Å². The van der Waals surface area contributed by atoms with E-state index in [1.807, 2.05) is 67.2 Å². The van der Waals surface area contributed by atoms with Gasteiger partial charge in [-0.25, -0.2) is 9.67 Å². The first-order valence-electron chi connectivity index (χ1n) is 8.80. The Morgan fingerprint density at radius 2 is 1.96 bits per heavy atom. The second-order valence-corrected chi connectivity index (χ2v) is 6.47. The highest BCUT2D eigenvalue weighted by Crippen LogP contribution is 2.21. The molecule has 1 unspecified atom stereocenters. The van der Waals surface area contributed by atoms with Gasteiger partial charge in [-0.05, 0) is 46.7 Å². The highest BCUT2D eigenvalue weighted by Gasteiger charge is 2.21. The van der Waals surface area contributed by atoms with Crippen LogP contribution in [-0.4, -0.2) is 35.7 Å². The Morgan fingerprint density at radius 1 is 1.14 bits per heavy atom. The number of hydrogen-bond acceptors (Lipinski definition) is 5. The Morgan fingerprint density at radius 3 is 2.61 bits per heavy atom. The third-order valence-corrected chi connectivity index (χ3v) is 4.58. The Hall–Kier alpha value is -3.81. The lowest BCUT2D eigenvalue weighted by atomic mass is 10.0. The minimum atomic E-state index is -0.354. The van der Waals surface area contributed by atoms with Gasteiger partial charge in [0.05, 0.1) is 5.69 Å². The maximum Gasteiger partial charge on any atom is 0.252 e.